The molecular formula is C33H62O17P2. The number of rotatable bonds is 34. The van der Waals surface area contributed by atoms with E-state index in [9.17, 15) is 43.2 Å². The van der Waals surface area contributed by atoms with Crippen LogP contribution in [-0.4, -0.2) is 96.7 Å². The molecule has 0 radical (unpaired) electrons. The van der Waals surface area contributed by atoms with Gasteiger partial charge in [0.05, 0.1) is 26.4 Å². The van der Waals surface area contributed by atoms with Crippen molar-refractivity contribution in [3.8, 4) is 0 Å². The van der Waals surface area contributed by atoms with Gasteiger partial charge in [-0.1, -0.05) is 79.1 Å². The van der Waals surface area contributed by atoms with Crippen molar-refractivity contribution in [2.24, 2.45) is 0 Å². The maximum absolute atomic E-state index is 12.5. The van der Waals surface area contributed by atoms with Gasteiger partial charge in [-0.25, -0.2) is 9.13 Å². The minimum absolute atomic E-state index is 0.0868. The highest BCUT2D eigenvalue weighted by atomic mass is 31.2. The molecule has 0 aromatic heterocycles. The van der Waals surface area contributed by atoms with Gasteiger partial charge in [-0.15, -0.1) is 0 Å². The second-order valence-electron chi connectivity index (χ2n) is 12.2. The van der Waals surface area contributed by atoms with Crippen molar-refractivity contribution in [3.05, 3.63) is 0 Å². The van der Waals surface area contributed by atoms with E-state index in [-0.39, 0.29) is 25.7 Å². The van der Waals surface area contributed by atoms with Gasteiger partial charge in [0, 0.05) is 25.7 Å². The maximum atomic E-state index is 12.5. The average Bonchev–Trinajstić information content (AvgIpc) is 3.10. The lowest BCUT2D eigenvalue weighted by atomic mass is 10.2. The molecule has 5 atom stereocenters. The maximum Gasteiger partial charge on any atom is 0.472 e. The smallest absolute Gasteiger partial charge is 0.462 e. The van der Waals surface area contributed by atoms with Crippen LogP contribution in [0.5, 0.6) is 0 Å². The monoisotopic (exact) mass is 792 g/mol. The van der Waals surface area contributed by atoms with Crippen LogP contribution in [0.3, 0.4) is 0 Å². The van der Waals surface area contributed by atoms with Crippen LogP contribution in [0.2, 0.25) is 0 Å². The number of carbonyl (C=O) groups excluding carboxylic acids is 4. The summed E-state index contributed by atoms with van der Waals surface area (Å²) in [7, 11) is -9.76. The van der Waals surface area contributed by atoms with Gasteiger partial charge in [0.1, 0.15) is 19.3 Å². The molecule has 19 heteroatoms. The molecule has 0 bridgehead atoms. The predicted molar refractivity (Wildman–Crippen MR) is 188 cm³/mol. The molecule has 0 saturated heterocycles. The highest BCUT2D eigenvalue weighted by molar-refractivity contribution is 7.47. The molecule has 0 saturated carbocycles. The Labute approximate surface area is 307 Å². The third kappa shape index (κ3) is 29.5. The minimum atomic E-state index is -4.88. The molecule has 0 heterocycles. The van der Waals surface area contributed by atoms with E-state index >= 15 is 0 Å². The number of unbranched alkanes of at least 4 members (excludes halogenated alkanes) is 8. The zero-order chi connectivity index (χ0) is 39.3. The SMILES string of the molecule is CCCCCCC(=O)OC[C@H](COP(=O)(O)OC[C@@H](O)COP(=O)(O)OC[C@@H](COC(=O)CCCC)OC(=O)CCCCC)OC(=O)CCCCC. The molecule has 0 aliphatic carbocycles. The van der Waals surface area contributed by atoms with Crippen LogP contribution in [0.15, 0.2) is 0 Å². The number of ether oxygens (including phenoxy) is 4. The largest absolute Gasteiger partial charge is 0.472 e. The Bertz CT molecular complexity index is 1090. The van der Waals surface area contributed by atoms with Crippen molar-refractivity contribution < 1.29 is 80.2 Å². The first kappa shape index (κ1) is 50.1. The molecule has 3 N–H and O–H groups in total. The fourth-order valence-electron chi connectivity index (χ4n) is 4.13. The summed E-state index contributed by atoms with van der Waals surface area (Å²) in [5, 5.41) is 10.2. The second-order valence-corrected chi connectivity index (χ2v) is 15.1. The summed E-state index contributed by atoms with van der Waals surface area (Å²) in [4.78, 5) is 68.7. The molecule has 0 amide bonds. The van der Waals surface area contributed by atoms with E-state index in [0.29, 0.717) is 25.7 Å². The number of carbonyl (C=O) groups is 4. The second kappa shape index (κ2) is 30.4. The number of aliphatic hydroxyl groups excluding tert-OH is 1. The van der Waals surface area contributed by atoms with Gasteiger partial charge in [-0.3, -0.25) is 37.3 Å². The van der Waals surface area contributed by atoms with Crippen LogP contribution in [0.4, 0.5) is 0 Å². The molecule has 0 aliphatic rings. The first-order chi connectivity index (χ1) is 24.7. The Morgan fingerprint density at radius 1 is 0.462 bits per heavy atom. The Balaban J connectivity index is 5.00. The summed E-state index contributed by atoms with van der Waals surface area (Å²) >= 11 is 0. The molecule has 0 aromatic rings. The Hall–Kier alpha value is -1.94. The highest BCUT2D eigenvalue weighted by Gasteiger charge is 2.30. The molecule has 0 rings (SSSR count). The summed E-state index contributed by atoms with van der Waals surface area (Å²) in [6.45, 7) is 3.85. The summed E-state index contributed by atoms with van der Waals surface area (Å²) in [6.07, 6.45) is 5.55. The molecule has 52 heavy (non-hydrogen) atoms. The third-order valence-electron chi connectivity index (χ3n) is 7.10. The van der Waals surface area contributed by atoms with Crippen LogP contribution in [0, 0.1) is 0 Å². The third-order valence-corrected chi connectivity index (χ3v) is 9.00. The highest BCUT2D eigenvalue weighted by Crippen LogP contribution is 2.45. The van der Waals surface area contributed by atoms with E-state index in [1.54, 1.807) is 0 Å². The zero-order valence-corrected chi connectivity index (χ0v) is 33.0. The molecule has 0 aliphatic heterocycles. The van der Waals surface area contributed by atoms with Gasteiger partial charge in [0.15, 0.2) is 12.2 Å². The summed E-state index contributed by atoms with van der Waals surface area (Å²) < 4.78 is 65.1. The van der Waals surface area contributed by atoms with Crippen molar-refractivity contribution in [1.29, 1.82) is 0 Å². The lowest BCUT2D eigenvalue weighted by Gasteiger charge is -2.21. The van der Waals surface area contributed by atoms with E-state index in [2.05, 4.69) is 0 Å². The number of esters is 4. The van der Waals surface area contributed by atoms with Gasteiger partial charge in [-0.05, 0) is 25.7 Å². The lowest BCUT2D eigenvalue weighted by molar-refractivity contribution is -0.161. The van der Waals surface area contributed by atoms with Crippen molar-refractivity contribution in [1.82, 2.24) is 0 Å². The number of hydrogen-bond donors (Lipinski definition) is 3. The quantitative estimate of drug-likeness (QED) is 0.0300. The first-order valence-electron chi connectivity index (χ1n) is 18.3. The van der Waals surface area contributed by atoms with Crippen molar-refractivity contribution in [3.63, 3.8) is 0 Å². The molecule has 0 aromatic carbocycles. The van der Waals surface area contributed by atoms with Crippen molar-refractivity contribution in [2.45, 2.75) is 149 Å². The van der Waals surface area contributed by atoms with Gasteiger partial charge in [-0.2, -0.15) is 0 Å². The van der Waals surface area contributed by atoms with Gasteiger partial charge in [0.2, 0.25) is 0 Å². The Kier molecular flexibility index (Phi) is 29.3. The fourth-order valence-corrected chi connectivity index (χ4v) is 5.71. The lowest BCUT2D eigenvalue weighted by Crippen LogP contribution is -2.30. The van der Waals surface area contributed by atoms with Crippen LogP contribution < -0.4 is 0 Å². The van der Waals surface area contributed by atoms with Crippen molar-refractivity contribution in [2.75, 3.05) is 39.6 Å². The van der Waals surface area contributed by atoms with Gasteiger partial charge >= 0.3 is 39.5 Å². The molecule has 306 valence electrons. The topological polar surface area (TPSA) is 237 Å². The van der Waals surface area contributed by atoms with E-state index in [1.807, 2.05) is 27.7 Å². The molecule has 2 unspecified atom stereocenters. The van der Waals surface area contributed by atoms with E-state index in [4.69, 9.17) is 37.0 Å². The molecule has 0 spiro atoms. The van der Waals surface area contributed by atoms with Crippen LogP contribution >= 0.6 is 15.6 Å². The van der Waals surface area contributed by atoms with Gasteiger partial charge < -0.3 is 33.8 Å². The number of phosphoric ester groups is 2. The standard InChI is InChI=1S/C33H62O17P2/c1-5-9-13-16-18-31(36)44-24-29(50-33(38)20-15-11-7-3)26-48-52(41,42)46-22-27(34)21-45-51(39,40)47-25-28(23-43-30(35)17-12-8-4)49-32(37)19-14-10-6-2/h27-29,34H,5-26H2,1-4H3,(H,39,40)(H,41,42)/t27-,28+,29+/m0/s1. The van der Waals surface area contributed by atoms with Crippen LogP contribution in [0.1, 0.15) is 130 Å². The van der Waals surface area contributed by atoms with E-state index < -0.39 is 97.5 Å². The number of phosphoric acid groups is 2. The minimum Gasteiger partial charge on any atom is -0.462 e. The Morgan fingerprint density at radius 3 is 1.19 bits per heavy atom. The molecule has 0 fully saturated rings. The van der Waals surface area contributed by atoms with Crippen molar-refractivity contribution >= 4 is 39.5 Å². The number of hydrogen-bond acceptors (Lipinski definition) is 15. The summed E-state index contributed by atoms with van der Waals surface area (Å²) in [5.74, 6) is -2.29. The van der Waals surface area contributed by atoms with Gasteiger partial charge in [0.25, 0.3) is 0 Å². The van der Waals surface area contributed by atoms with E-state index in [1.165, 1.54) is 0 Å². The zero-order valence-electron chi connectivity index (χ0n) is 31.2. The first-order valence-corrected chi connectivity index (χ1v) is 21.3. The predicted octanol–water partition coefficient (Wildman–Crippen LogP) is 5.85. The fraction of sp³-hybridized carbons (Fsp3) is 0.879. The molecular weight excluding hydrogens is 730 g/mol. The van der Waals surface area contributed by atoms with E-state index in [0.717, 1.165) is 51.4 Å². The Morgan fingerprint density at radius 2 is 0.788 bits per heavy atom. The van der Waals surface area contributed by atoms with Crippen LogP contribution in [0.25, 0.3) is 0 Å². The number of aliphatic hydroxyl groups is 1. The normalized spacial score (nSPS) is 15.4. The van der Waals surface area contributed by atoms with Crippen LogP contribution in [-0.2, 0) is 65.4 Å². The summed E-state index contributed by atoms with van der Waals surface area (Å²) in [5.41, 5.74) is 0. The average molecular weight is 793 g/mol. The molecule has 17 nitrogen and oxygen atoms in total. The summed E-state index contributed by atoms with van der Waals surface area (Å²) in [6, 6.07) is 0.